The van der Waals surface area contributed by atoms with Gasteiger partial charge >= 0.3 is 0 Å². The summed E-state index contributed by atoms with van der Waals surface area (Å²) < 4.78 is 10.4. The molecule has 20 heavy (non-hydrogen) atoms. The van der Waals surface area contributed by atoms with Crippen molar-refractivity contribution in [1.29, 1.82) is 0 Å². The second kappa shape index (κ2) is 6.56. The second-order valence-corrected chi connectivity index (χ2v) is 6.13. The number of rotatable bonds is 8. The standard InChI is InChI=1S/C14H22N2O3S/c1-8(17)13-12(15)11(9-4-5-9)14(20-13)16-6-10(19-3)7-18-2/h9-10,16H,4-7,15H2,1-3H3. The molecule has 0 radical (unpaired) electrons. The van der Waals surface area contributed by atoms with Gasteiger partial charge in [0.2, 0.25) is 0 Å². The smallest absolute Gasteiger partial charge is 0.171 e. The van der Waals surface area contributed by atoms with Gasteiger partial charge in [-0.15, -0.1) is 11.3 Å². The summed E-state index contributed by atoms with van der Waals surface area (Å²) in [4.78, 5) is 12.3. The molecule has 1 aliphatic rings. The molecule has 1 heterocycles. The molecule has 112 valence electrons. The molecule has 6 heteroatoms. The molecule has 1 unspecified atom stereocenters. The molecule has 0 spiro atoms. The minimum Gasteiger partial charge on any atom is -0.397 e. The number of ether oxygens (including phenoxy) is 2. The second-order valence-electron chi connectivity index (χ2n) is 5.11. The van der Waals surface area contributed by atoms with Crippen molar-refractivity contribution in [2.24, 2.45) is 0 Å². The van der Waals surface area contributed by atoms with E-state index in [0.29, 0.717) is 29.6 Å². The highest BCUT2D eigenvalue weighted by molar-refractivity contribution is 7.18. The van der Waals surface area contributed by atoms with Crippen LogP contribution in [-0.2, 0) is 9.47 Å². The number of anilines is 2. The van der Waals surface area contributed by atoms with Crippen molar-refractivity contribution in [3.8, 4) is 0 Å². The van der Waals surface area contributed by atoms with Crippen LogP contribution in [0, 0.1) is 0 Å². The van der Waals surface area contributed by atoms with E-state index >= 15 is 0 Å². The fraction of sp³-hybridized carbons (Fsp3) is 0.643. The maximum Gasteiger partial charge on any atom is 0.171 e. The van der Waals surface area contributed by atoms with Crippen molar-refractivity contribution in [1.82, 2.24) is 0 Å². The Kier molecular flexibility index (Phi) is 5.01. The lowest BCUT2D eigenvalue weighted by Gasteiger charge is -2.15. The molecule has 5 nitrogen and oxygen atoms in total. The van der Waals surface area contributed by atoms with Gasteiger partial charge in [0.05, 0.1) is 28.3 Å². The number of methoxy groups -OCH3 is 2. The van der Waals surface area contributed by atoms with Crippen LogP contribution in [0.1, 0.15) is 40.9 Å². The summed E-state index contributed by atoms with van der Waals surface area (Å²) in [6.07, 6.45) is 2.29. The first-order valence-corrected chi connectivity index (χ1v) is 7.58. The normalized spacial score (nSPS) is 16.1. The zero-order valence-electron chi connectivity index (χ0n) is 12.2. The van der Waals surface area contributed by atoms with Gasteiger partial charge in [0.1, 0.15) is 0 Å². The van der Waals surface area contributed by atoms with Gasteiger partial charge in [-0.05, 0) is 18.8 Å². The molecule has 1 saturated carbocycles. The van der Waals surface area contributed by atoms with Gasteiger partial charge in [0.25, 0.3) is 0 Å². The first kappa shape index (κ1) is 15.3. The highest BCUT2D eigenvalue weighted by Crippen LogP contribution is 2.50. The van der Waals surface area contributed by atoms with Crippen LogP contribution < -0.4 is 11.1 Å². The van der Waals surface area contributed by atoms with Crippen LogP contribution in [0.3, 0.4) is 0 Å². The topological polar surface area (TPSA) is 73.6 Å². The van der Waals surface area contributed by atoms with Gasteiger partial charge in [0.15, 0.2) is 5.78 Å². The minimum absolute atomic E-state index is 0.0174. The van der Waals surface area contributed by atoms with Crippen molar-refractivity contribution < 1.29 is 14.3 Å². The van der Waals surface area contributed by atoms with Crippen LogP contribution in [0.4, 0.5) is 10.7 Å². The van der Waals surface area contributed by atoms with Crippen molar-refractivity contribution >= 4 is 27.8 Å². The Morgan fingerprint density at radius 3 is 2.70 bits per heavy atom. The van der Waals surface area contributed by atoms with Gasteiger partial charge < -0.3 is 20.5 Å². The predicted octanol–water partition coefficient (Wildman–Crippen LogP) is 2.48. The number of carbonyl (C=O) groups excluding carboxylic acids is 1. The van der Waals surface area contributed by atoms with Crippen LogP contribution in [0.25, 0.3) is 0 Å². The van der Waals surface area contributed by atoms with Gasteiger partial charge in [-0.3, -0.25) is 4.79 Å². The van der Waals surface area contributed by atoms with Crippen LogP contribution in [0.5, 0.6) is 0 Å². The van der Waals surface area contributed by atoms with Crippen molar-refractivity contribution in [3.63, 3.8) is 0 Å². The van der Waals surface area contributed by atoms with Crippen LogP contribution in [-0.4, -0.2) is 39.3 Å². The zero-order valence-corrected chi connectivity index (χ0v) is 13.0. The van der Waals surface area contributed by atoms with E-state index in [0.717, 1.165) is 23.4 Å². The summed E-state index contributed by atoms with van der Waals surface area (Å²) in [6, 6.07) is 0. The lowest BCUT2D eigenvalue weighted by atomic mass is 10.1. The minimum atomic E-state index is -0.0174. The number of carbonyl (C=O) groups is 1. The van der Waals surface area contributed by atoms with Crippen molar-refractivity contribution in [2.45, 2.75) is 31.8 Å². The van der Waals surface area contributed by atoms with E-state index in [2.05, 4.69) is 5.32 Å². The molecule has 1 aliphatic carbocycles. The number of thiophene rings is 1. The Morgan fingerprint density at radius 1 is 1.50 bits per heavy atom. The molecule has 2 rings (SSSR count). The van der Waals surface area contributed by atoms with E-state index in [4.69, 9.17) is 15.2 Å². The average Bonchev–Trinajstić information content (AvgIpc) is 3.18. The Morgan fingerprint density at radius 2 is 2.20 bits per heavy atom. The maximum atomic E-state index is 11.6. The molecule has 0 aliphatic heterocycles. The van der Waals surface area contributed by atoms with Crippen molar-refractivity contribution in [3.05, 3.63) is 10.4 Å². The molecular weight excluding hydrogens is 276 g/mol. The molecule has 1 aromatic heterocycles. The summed E-state index contributed by atoms with van der Waals surface area (Å²) >= 11 is 1.45. The predicted molar refractivity (Wildman–Crippen MR) is 81.9 cm³/mol. The lowest BCUT2D eigenvalue weighted by molar-refractivity contribution is 0.0366. The van der Waals surface area contributed by atoms with Crippen molar-refractivity contribution in [2.75, 3.05) is 38.4 Å². The fourth-order valence-corrected chi connectivity index (χ4v) is 3.34. The zero-order chi connectivity index (χ0) is 14.7. The molecule has 0 saturated heterocycles. The van der Waals surface area contributed by atoms with E-state index in [-0.39, 0.29) is 11.9 Å². The molecule has 1 fully saturated rings. The summed E-state index contributed by atoms with van der Waals surface area (Å²) in [5, 5.41) is 4.38. The lowest BCUT2D eigenvalue weighted by Crippen LogP contribution is -2.26. The number of nitrogen functional groups attached to an aromatic ring is 1. The quantitative estimate of drug-likeness (QED) is 0.721. The number of hydrogen-bond donors (Lipinski definition) is 2. The van der Waals surface area contributed by atoms with Crippen LogP contribution in [0.2, 0.25) is 0 Å². The Bertz CT molecular complexity index is 483. The Balaban J connectivity index is 2.14. The van der Waals surface area contributed by atoms with E-state index < -0.39 is 0 Å². The first-order valence-electron chi connectivity index (χ1n) is 6.77. The van der Waals surface area contributed by atoms with Crippen LogP contribution in [0.15, 0.2) is 0 Å². The fourth-order valence-electron chi connectivity index (χ4n) is 2.23. The van der Waals surface area contributed by atoms with Gasteiger partial charge in [-0.25, -0.2) is 0 Å². The SMILES string of the molecule is COCC(CNc1sc(C(C)=O)c(N)c1C1CC1)OC. The third kappa shape index (κ3) is 3.31. The summed E-state index contributed by atoms with van der Waals surface area (Å²) in [5.74, 6) is 0.535. The van der Waals surface area contributed by atoms with Gasteiger partial charge in [0, 0.05) is 33.3 Å². The van der Waals surface area contributed by atoms with Crippen LogP contribution >= 0.6 is 11.3 Å². The van der Waals surface area contributed by atoms with E-state index in [1.807, 2.05) is 0 Å². The highest BCUT2D eigenvalue weighted by atomic mass is 32.1. The molecule has 0 aromatic carbocycles. The van der Waals surface area contributed by atoms with E-state index in [1.165, 1.54) is 11.3 Å². The third-order valence-electron chi connectivity index (χ3n) is 3.47. The van der Waals surface area contributed by atoms with Gasteiger partial charge in [-0.1, -0.05) is 0 Å². The molecule has 1 aromatic rings. The summed E-state index contributed by atoms with van der Waals surface area (Å²) in [5.41, 5.74) is 7.92. The number of nitrogens with two attached hydrogens (primary N) is 1. The number of hydrogen-bond acceptors (Lipinski definition) is 6. The number of Topliss-reactive ketones (excluding diaryl/α,β-unsaturated/α-hetero) is 1. The summed E-state index contributed by atoms with van der Waals surface area (Å²) in [7, 11) is 3.32. The third-order valence-corrected chi connectivity index (χ3v) is 4.74. The average molecular weight is 298 g/mol. The number of ketones is 1. The van der Waals surface area contributed by atoms with Gasteiger partial charge in [-0.2, -0.15) is 0 Å². The molecular formula is C14H22N2O3S. The Labute approximate surface area is 123 Å². The van der Waals surface area contributed by atoms with E-state index in [1.54, 1.807) is 21.1 Å². The summed E-state index contributed by atoms with van der Waals surface area (Å²) in [6.45, 7) is 2.73. The largest absolute Gasteiger partial charge is 0.397 e. The number of nitrogens with one attached hydrogen (secondary N) is 1. The molecule has 1 atom stereocenters. The highest BCUT2D eigenvalue weighted by Gasteiger charge is 2.32. The maximum absolute atomic E-state index is 11.6. The first-order chi connectivity index (χ1) is 9.58. The Hall–Kier alpha value is -1.11. The molecule has 3 N–H and O–H groups in total. The monoisotopic (exact) mass is 298 g/mol. The molecule has 0 amide bonds. The molecule has 0 bridgehead atoms. The van der Waals surface area contributed by atoms with E-state index in [9.17, 15) is 4.79 Å².